The van der Waals surface area contributed by atoms with Crippen LogP contribution in [0.4, 0.5) is 5.82 Å². The highest BCUT2D eigenvalue weighted by molar-refractivity contribution is 9.10. The third-order valence-corrected chi connectivity index (χ3v) is 10.7. The number of ketones is 1. The number of Topliss-reactive ketones (excluding diaryl/α,β-unsaturated/α-hetero) is 1. The van der Waals surface area contributed by atoms with E-state index >= 15 is 0 Å². The number of amides is 4. The van der Waals surface area contributed by atoms with Crippen molar-refractivity contribution in [1.29, 1.82) is 0 Å². The Hall–Kier alpha value is -5.35. The normalized spacial score (nSPS) is 23.0. The van der Waals surface area contributed by atoms with Gasteiger partial charge in [-0.2, -0.15) is 5.10 Å². The maximum Gasteiger partial charge on any atom is 0.248 e. The number of benzene rings is 1. The van der Waals surface area contributed by atoms with Gasteiger partial charge in [-0.3, -0.25) is 28.7 Å². The molecule has 54 heavy (non-hydrogen) atoms. The van der Waals surface area contributed by atoms with Crippen molar-refractivity contribution in [3.05, 3.63) is 76.6 Å². The quantitative estimate of drug-likeness (QED) is 0.172. The van der Waals surface area contributed by atoms with E-state index in [0.29, 0.717) is 45.6 Å². The van der Waals surface area contributed by atoms with E-state index in [0.717, 1.165) is 11.1 Å². The fourth-order valence-corrected chi connectivity index (χ4v) is 7.95. The molecule has 2 bridgehead atoms. The summed E-state index contributed by atoms with van der Waals surface area (Å²) in [6, 6.07) is 7.05. The Bertz CT molecular complexity index is 2200. The second-order valence-corrected chi connectivity index (χ2v) is 15.0. The largest absolute Gasteiger partial charge is 0.373 e. The standard InChI is InChI=1S/C38H40BrN9O6/c1-21(49)34-27-13-24(26-16-40-22(2)41-17-26)8-10-29(27)47(45-34)18-33(51)48-30-14-38(15-31(38)48)20-46(4)37(53)28(42-23(3)50)7-5-6-12-54-19-25-9-11-32(39)43-35(25)44-36(30)52/h5-6,8-11,13,16-17,28,30-31H,7,12,14-15,18-20H2,1-4H3,(H,42,50)(H,43,44,52)/t28-,30+,31-,38+/m1/s1. The molecule has 4 amide bonds. The SMILES string of the molecule is CC(=O)N[C@@H]1CC=CCOCc2ccc(Br)nc2NC(=O)[C@@H]2C[C@]3(C[C@H]3N2C(=O)Cn2nc(C(C)=O)c3cc(-c4cnc(C)nc4)ccc32)CN(C)C1=O. The average Bonchev–Trinajstić information content (AvgIpc) is 3.53. The van der Waals surface area contributed by atoms with Crippen LogP contribution in [0.25, 0.3) is 22.0 Å². The number of rotatable bonds is 5. The molecule has 2 fully saturated rings. The van der Waals surface area contributed by atoms with Crippen molar-refractivity contribution in [2.75, 3.05) is 25.5 Å². The zero-order valence-corrected chi connectivity index (χ0v) is 31.9. The summed E-state index contributed by atoms with van der Waals surface area (Å²) in [7, 11) is 1.68. The number of likely N-dealkylation sites (N-methyl/N-ethyl adjacent to an activating group) is 1. The van der Waals surface area contributed by atoms with Crippen LogP contribution in [0.15, 0.2) is 59.5 Å². The lowest BCUT2D eigenvalue weighted by atomic mass is 9.97. The van der Waals surface area contributed by atoms with E-state index in [4.69, 9.17) is 4.74 Å². The number of piperidine rings is 1. The van der Waals surface area contributed by atoms with Crippen LogP contribution in [0.2, 0.25) is 0 Å². The lowest BCUT2D eigenvalue weighted by Crippen LogP contribution is -2.48. The smallest absolute Gasteiger partial charge is 0.248 e. The Balaban J connectivity index is 1.22. The van der Waals surface area contributed by atoms with Gasteiger partial charge in [0.05, 0.1) is 18.7 Å². The summed E-state index contributed by atoms with van der Waals surface area (Å²) in [5.41, 5.74) is 2.46. The molecule has 16 heteroatoms. The van der Waals surface area contributed by atoms with Gasteiger partial charge in [0.1, 0.15) is 40.6 Å². The molecule has 1 saturated carbocycles. The summed E-state index contributed by atoms with van der Waals surface area (Å²) < 4.78 is 7.87. The molecule has 1 spiro atoms. The molecule has 1 saturated heterocycles. The molecular weight excluding hydrogens is 758 g/mol. The predicted octanol–water partition coefficient (Wildman–Crippen LogP) is 3.60. The highest BCUT2D eigenvalue weighted by Crippen LogP contribution is 2.60. The molecule has 2 aliphatic heterocycles. The van der Waals surface area contributed by atoms with Crippen molar-refractivity contribution in [2.24, 2.45) is 5.41 Å². The van der Waals surface area contributed by atoms with Crippen LogP contribution in [0, 0.1) is 12.3 Å². The van der Waals surface area contributed by atoms with Crippen LogP contribution < -0.4 is 10.6 Å². The van der Waals surface area contributed by atoms with E-state index in [2.05, 4.69) is 46.6 Å². The molecule has 4 atom stereocenters. The molecule has 5 heterocycles. The van der Waals surface area contributed by atoms with Crippen molar-refractivity contribution in [2.45, 2.75) is 71.3 Å². The Kier molecular flexibility index (Phi) is 10.2. The molecule has 3 aliphatic rings. The third-order valence-electron chi connectivity index (χ3n) is 10.3. The second-order valence-electron chi connectivity index (χ2n) is 14.2. The van der Waals surface area contributed by atoms with E-state index in [1.165, 1.54) is 18.5 Å². The monoisotopic (exact) mass is 797 g/mol. The number of carbonyl (C=O) groups excluding carboxylic acids is 5. The Morgan fingerprint density at radius 2 is 1.83 bits per heavy atom. The number of fused-ring (bicyclic) bond motifs is 3. The molecule has 280 valence electrons. The number of ether oxygens (including phenoxy) is 1. The van der Waals surface area contributed by atoms with Gasteiger partial charge < -0.3 is 25.2 Å². The second kappa shape index (κ2) is 14.8. The van der Waals surface area contributed by atoms with E-state index in [1.807, 2.05) is 18.2 Å². The first-order valence-electron chi connectivity index (χ1n) is 17.7. The van der Waals surface area contributed by atoms with E-state index < -0.39 is 23.4 Å². The average molecular weight is 799 g/mol. The number of aromatic nitrogens is 5. The van der Waals surface area contributed by atoms with Crippen molar-refractivity contribution < 1.29 is 28.7 Å². The number of anilines is 1. The fraction of sp³-hybridized carbons (Fsp3) is 0.395. The predicted molar refractivity (Wildman–Crippen MR) is 201 cm³/mol. The Morgan fingerprint density at radius 1 is 1.06 bits per heavy atom. The van der Waals surface area contributed by atoms with Crippen LogP contribution in [0.3, 0.4) is 0 Å². The molecule has 4 aromatic rings. The highest BCUT2D eigenvalue weighted by atomic mass is 79.9. The van der Waals surface area contributed by atoms with Crippen molar-refractivity contribution in [3.63, 3.8) is 0 Å². The minimum atomic E-state index is -0.889. The molecule has 3 aromatic heterocycles. The van der Waals surface area contributed by atoms with E-state index in [-0.39, 0.29) is 68.0 Å². The van der Waals surface area contributed by atoms with Gasteiger partial charge in [-0.25, -0.2) is 15.0 Å². The van der Waals surface area contributed by atoms with Gasteiger partial charge in [0.15, 0.2) is 5.78 Å². The van der Waals surface area contributed by atoms with Crippen LogP contribution in [-0.2, 0) is 37.1 Å². The number of hydrogen-bond acceptors (Lipinski definition) is 10. The van der Waals surface area contributed by atoms with Gasteiger partial charge in [-0.1, -0.05) is 24.3 Å². The van der Waals surface area contributed by atoms with Crippen molar-refractivity contribution in [3.8, 4) is 11.1 Å². The van der Waals surface area contributed by atoms with Gasteiger partial charge in [0.25, 0.3) is 0 Å². The van der Waals surface area contributed by atoms with Gasteiger partial charge in [-0.05, 0) is 65.9 Å². The first kappa shape index (κ1) is 37.0. The number of nitrogens with one attached hydrogen (secondary N) is 2. The Labute approximate surface area is 319 Å². The number of carbonyl (C=O) groups is 5. The van der Waals surface area contributed by atoms with Gasteiger partial charge >= 0.3 is 0 Å². The van der Waals surface area contributed by atoms with Crippen LogP contribution >= 0.6 is 15.9 Å². The fourth-order valence-electron chi connectivity index (χ4n) is 7.64. The Morgan fingerprint density at radius 3 is 2.57 bits per heavy atom. The zero-order valence-electron chi connectivity index (χ0n) is 30.3. The molecule has 1 aromatic carbocycles. The summed E-state index contributed by atoms with van der Waals surface area (Å²) in [6.07, 6.45) is 8.15. The molecule has 15 nitrogen and oxygen atoms in total. The molecule has 1 aliphatic carbocycles. The lowest BCUT2D eigenvalue weighted by Gasteiger charge is -2.28. The first-order chi connectivity index (χ1) is 25.8. The minimum absolute atomic E-state index is 0.139. The summed E-state index contributed by atoms with van der Waals surface area (Å²) in [5.74, 6) is -0.697. The van der Waals surface area contributed by atoms with E-state index in [9.17, 15) is 24.0 Å². The number of aryl methyl sites for hydroxylation is 1. The van der Waals surface area contributed by atoms with Gasteiger partial charge in [-0.15, -0.1) is 0 Å². The summed E-state index contributed by atoms with van der Waals surface area (Å²) in [6.45, 7) is 5.01. The number of hydrogen-bond donors (Lipinski definition) is 2. The van der Waals surface area contributed by atoms with Crippen LogP contribution in [0.5, 0.6) is 0 Å². The maximum atomic E-state index is 14.5. The topological polar surface area (TPSA) is 182 Å². The van der Waals surface area contributed by atoms with Crippen LogP contribution in [-0.4, -0.2) is 102 Å². The summed E-state index contributed by atoms with van der Waals surface area (Å²) in [5, 5.41) is 10.9. The molecule has 0 unspecified atom stereocenters. The highest BCUT2D eigenvalue weighted by Gasteiger charge is 2.67. The number of likely N-dealkylation sites (tertiary alicyclic amines) is 1. The van der Waals surface area contributed by atoms with Crippen molar-refractivity contribution in [1.82, 2.24) is 39.8 Å². The number of pyridine rings is 1. The maximum absolute atomic E-state index is 14.5. The van der Waals surface area contributed by atoms with Crippen molar-refractivity contribution >= 4 is 62.1 Å². The summed E-state index contributed by atoms with van der Waals surface area (Å²) >= 11 is 3.40. The number of nitrogens with zero attached hydrogens (tertiary/aromatic N) is 7. The first-order valence-corrected chi connectivity index (χ1v) is 18.5. The summed E-state index contributed by atoms with van der Waals surface area (Å²) in [4.78, 5) is 83.5. The van der Waals surface area contributed by atoms with Crippen LogP contribution in [0.1, 0.15) is 55.0 Å². The molecule has 2 N–H and O–H groups in total. The van der Waals surface area contributed by atoms with E-state index in [1.54, 1.807) is 60.4 Å². The molecule has 7 rings (SSSR count). The number of halogens is 1. The molecule has 0 radical (unpaired) electrons. The zero-order chi connectivity index (χ0) is 38.3. The third kappa shape index (κ3) is 7.40. The lowest BCUT2D eigenvalue weighted by molar-refractivity contribution is -0.138. The van der Waals surface area contributed by atoms with Gasteiger partial charge in [0, 0.05) is 67.8 Å². The molecular formula is C38H40BrN9O6. The van der Waals surface area contributed by atoms with Gasteiger partial charge in [0.2, 0.25) is 23.6 Å². The minimum Gasteiger partial charge on any atom is -0.373 e.